The number of hydrogen-bond donors (Lipinski definition) is 3. The molecule has 252 valence electrons. The zero-order valence-electron chi connectivity index (χ0n) is 27.9. The first-order valence-corrected chi connectivity index (χ1v) is 18.0. The van der Waals surface area contributed by atoms with Crippen molar-refractivity contribution in [2.45, 2.75) is 174 Å². The maximum absolute atomic E-state index is 11.0. The average Bonchev–Trinajstić information content (AvgIpc) is 2.96. The first-order valence-electron chi connectivity index (χ1n) is 18.0. The Morgan fingerprint density at radius 3 is 1.02 bits per heavy atom. The maximum atomic E-state index is 11.0. The van der Waals surface area contributed by atoms with Crippen LogP contribution in [0.1, 0.15) is 174 Å². The molecule has 0 spiro atoms. The Morgan fingerprint density at radius 2 is 0.698 bits per heavy atom. The fraction of sp³-hybridized carbons (Fsp3) is 0.861. The van der Waals surface area contributed by atoms with Crippen LogP contribution in [-0.2, 0) is 14.4 Å². The lowest BCUT2D eigenvalue weighted by Crippen LogP contribution is -2.51. The van der Waals surface area contributed by atoms with E-state index >= 15 is 0 Å². The molecule has 0 aliphatic carbocycles. The van der Waals surface area contributed by atoms with E-state index < -0.39 is 17.9 Å². The monoisotopic (exact) mass is 611 g/mol. The Hall–Kier alpha value is -1.89. The van der Waals surface area contributed by atoms with E-state index in [0.717, 1.165) is 56.3 Å². The number of unbranched alkanes of at least 4 members (excludes halogenated alkanes) is 18. The molecular formula is C36H68NO6+. The van der Waals surface area contributed by atoms with Crippen molar-refractivity contribution < 1.29 is 34.2 Å². The third-order valence-electron chi connectivity index (χ3n) is 8.71. The second-order valence-electron chi connectivity index (χ2n) is 12.8. The molecule has 0 saturated heterocycles. The number of carbonyl (C=O) groups is 3. The second kappa shape index (κ2) is 30.1. The molecule has 0 fully saturated rings. The van der Waals surface area contributed by atoms with Gasteiger partial charge in [0.15, 0.2) is 0 Å². The molecule has 0 rings (SSSR count). The van der Waals surface area contributed by atoms with Gasteiger partial charge in [-0.05, 0) is 77.0 Å². The van der Waals surface area contributed by atoms with Gasteiger partial charge in [0.05, 0.1) is 26.2 Å². The molecule has 0 amide bonds. The summed E-state index contributed by atoms with van der Waals surface area (Å²) in [6, 6.07) is 0. The minimum absolute atomic E-state index is 0.173. The van der Waals surface area contributed by atoms with Crippen LogP contribution in [0.4, 0.5) is 0 Å². The van der Waals surface area contributed by atoms with E-state index in [-0.39, 0.29) is 19.3 Å². The lowest BCUT2D eigenvalue weighted by atomic mass is 10.1. The van der Waals surface area contributed by atoms with E-state index in [0.29, 0.717) is 19.3 Å². The fourth-order valence-electron chi connectivity index (χ4n) is 6.07. The zero-order valence-corrected chi connectivity index (χ0v) is 27.9. The molecule has 43 heavy (non-hydrogen) atoms. The number of allylic oxidation sites excluding steroid dienone is 2. The van der Waals surface area contributed by atoms with Gasteiger partial charge in [0, 0.05) is 19.3 Å². The number of rotatable bonds is 34. The van der Waals surface area contributed by atoms with Crippen LogP contribution in [0.2, 0.25) is 0 Å². The summed E-state index contributed by atoms with van der Waals surface area (Å²) in [5.41, 5.74) is 0. The van der Waals surface area contributed by atoms with Crippen molar-refractivity contribution in [2.24, 2.45) is 0 Å². The molecule has 0 aliphatic heterocycles. The van der Waals surface area contributed by atoms with Gasteiger partial charge in [-0.3, -0.25) is 14.4 Å². The lowest BCUT2D eigenvalue weighted by molar-refractivity contribution is -0.929. The van der Waals surface area contributed by atoms with Crippen LogP contribution in [-0.4, -0.2) is 63.9 Å². The smallest absolute Gasteiger partial charge is 0.303 e. The summed E-state index contributed by atoms with van der Waals surface area (Å²) < 4.78 is 0.864. The Bertz CT molecular complexity index is 653. The Morgan fingerprint density at radius 1 is 0.419 bits per heavy atom. The summed E-state index contributed by atoms with van der Waals surface area (Å²) in [5, 5.41) is 27.2. The van der Waals surface area contributed by atoms with E-state index in [1.807, 2.05) is 0 Å². The molecule has 0 bridgehead atoms. The van der Waals surface area contributed by atoms with Gasteiger partial charge in [-0.2, -0.15) is 0 Å². The molecule has 0 atom stereocenters. The number of carboxylic acid groups (broad SMARTS) is 3. The highest BCUT2D eigenvalue weighted by Gasteiger charge is 2.26. The predicted molar refractivity (Wildman–Crippen MR) is 177 cm³/mol. The molecule has 0 aromatic heterocycles. The number of aliphatic carboxylic acids is 3. The Kier molecular flexibility index (Phi) is 28.8. The molecule has 0 aromatic carbocycles. The summed E-state index contributed by atoms with van der Waals surface area (Å²) in [6.45, 7) is 5.94. The second-order valence-corrected chi connectivity index (χ2v) is 12.8. The first kappa shape index (κ1) is 41.1. The van der Waals surface area contributed by atoms with E-state index in [2.05, 4.69) is 19.1 Å². The van der Waals surface area contributed by atoms with Gasteiger partial charge in [-0.25, -0.2) is 0 Å². The van der Waals surface area contributed by atoms with Gasteiger partial charge >= 0.3 is 17.9 Å². The van der Waals surface area contributed by atoms with E-state index in [4.69, 9.17) is 15.3 Å². The Balaban J connectivity index is 4.32. The van der Waals surface area contributed by atoms with Crippen molar-refractivity contribution in [3.63, 3.8) is 0 Å². The van der Waals surface area contributed by atoms with Crippen molar-refractivity contribution in [1.29, 1.82) is 0 Å². The normalized spacial score (nSPS) is 11.8. The SMILES string of the molecule is CCCCCCCCCCC/C=C/CCCCCCCC[N+](CCCCC(=O)O)(CCCCC(=O)O)CCCCC(=O)O. The van der Waals surface area contributed by atoms with E-state index in [1.165, 1.54) is 103 Å². The highest BCUT2D eigenvalue weighted by molar-refractivity contribution is 5.67. The standard InChI is InChI=1S/C36H67NO6/c1-2-3-4-5-6-7-8-9-10-11-12-13-14-15-16-17-18-19-23-30-37(31-24-20-27-34(38)39,32-25-21-28-35(40)41)33-26-22-29-36(42)43/h12-13H,2-11,14-33H2,1H3,(H2-,38,39,40,41,42,43)/p+1/b13-12+. The summed E-state index contributed by atoms with van der Waals surface area (Å²) in [6.07, 6.45) is 31.8. The van der Waals surface area contributed by atoms with Crippen LogP contribution in [0.25, 0.3) is 0 Å². The van der Waals surface area contributed by atoms with Crippen LogP contribution in [0.15, 0.2) is 12.2 Å². The molecule has 0 heterocycles. The summed E-state index contributed by atoms with van der Waals surface area (Å²) in [7, 11) is 0. The molecule has 7 nitrogen and oxygen atoms in total. The van der Waals surface area contributed by atoms with Crippen molar-refractivity contribution in [1.82, 2.24) is 0 Å². The highest BCUT2D eigenvalue weighted by atomic mass is 16.4. The average molecular weight is 611 g/mol. The third kappa shape index (κ3) is 29.9. The first-order chi connectivity index (χ1) is 20.8. The summed E-state index contributed by atoms with van der Waals surface area (Å²) in [4.78, 5) is 33.0. The van der Waals surface area contributed by atoms with Gasteiger partial charge in [-0.1, -0.05) is 89.7 Å². The quantitative estimate of drug-likeness (QED) is 0.0380. The van der Waals surface area contributed by atoms with Gasteiger partial charge in [0.25, 0.3) is 0 Å². The number of quaternary nitrogens is 1. The largest absolute Gasteiger partial charge is 0.481 e. The van der Waals surface area contributed by atoms with E-state index in [1.54, 1.807) is 0 Å². The topological polar surface area (TPSA) is 112 Å². The van der Waals surface area contributed by atoms with Crippen molar-refractivity contribution in [3.8, 4) is 0 Å². The maximum Gasteiger partial charge on any atom is 0.303 e. The number of hydrogen-bond acceptors (Lipinski definition) is 3. The highest BCUT2D eigenvalue weighted by Crippen LogP contribution is 2.20. The summed E-state index contributed by atoms with van der Waals surface area (Å²) >= 11 is 0. The predicted octanol–water partition coefficient (Wildman–Crippen LogP) is 9.78. The molecule has 0 saturated carbocycles. The van der Waals surface area contributed by atoms with Crippen molar-refractivity contribution in [3.05, 3.63) is 12.2 Å². The molecule has 0 aliphatic rings. The molecule has 0 radical (unpaired) electrons. The molecule has 0 aromatic rings. The molecule has 3 N–H and O–H groups in total. The molecule has 7 heteroatoms. The Labute approximate surface area is 264 Å². The molecule has 0 unspecified atom stereocenters. The minimum atomic E-state index is -0.768. The van der Waals surface area contributed by atoms with Crippen LogP contribution in [0.3, 0.4) is 0 Å². The zero-order chi connectivity index (χ0) is 31.9. The van der Waals surface area contributed by atoms with E-state index in [9.17, 15) is 14.4 Å². The van der Waals surface area contributed by atoms with Gasteiger partial charge in [0.2, 0.25) is 0 Å². The summed E-state index contributed by atoms with van der Waals surface area (Å²) in [5.74, 6) is -2.30. The molecular weight excluding hydrogens is 542 g/mol. The lowest BCUT2D eigenvalue weighted by Gasteiger charge is -2.39. The van der Waals surface area contributed by atoms with Crippen molar-refractivity contribution in [2.75, 3.05) is 26.2 Å². The van der Waals surface area contributed by atoms with Crippen LogP contribution >= 0.6 is 0 Å². The van der Waals surface area contributed by atoms with Gasteiger partial charge in [-0.15, -0.1) is 0 Å². The van der Waals surface area contributed by atoms with Crippen LogP contribution < -0.4 is 0 Å². The minimum Gasteiger partial charge on any atom is -0.481 e. The van der Waals surface area contributed by atoms with Crippen LogP contribution in [0.5, 0.6) is 0 Å². The number of carboxylic acids is 3. The third-order valence-corrected chi connectivity index (χ3v) is 8.71. The van der Waals surface area contributed by atoms with Gasteiger partial charge < -0.3 is 19.8 Å². The fourth-order valence-corrected chi connectivity index (χ4v) is 6.07. The van der Waals surface area contributed by atoms with Crippen LogP contribution in [0, 0.1) is 0 Å². The van der Waals surface area contributed by atoms with Crippen molar-refractivity contribution >= 4 is 17.9 Å². The number of nitrogens with zero attached hydrogens (tertiary/aromatic N) is 1. The van der Waals surface area contributed by atoms with Gasteiger partial charge in [0.1, 0.15) is 0 Å².